The lowest BCUT2D eigenvalue weighted by Gasteiger charge is -2.29. The standard InChI is InChI=1S/C18H21F3N4/c1-17(2,3)16-23-9-13-6-7-25(11-14(13)24-16)10-12-4-5-15(22-8-12)18(19,20)21/h4-5,8-9H,6-7,10-11H2,1-3H3. The third kappa shape index (κ3) is 4.15. The number of nitrogens with zero attached hydrogens (tertiary/aromatic N) is 4. The predicted molar refractivity (Wildman–Crippen MR) is 87.8 cm³/mol. The van der Waals surface area contributed by atoms with Crippen LogP contribution in [0.4, 0.5) is 13.2 Å². The van der Waals surface area contributed by atoms with Gasteiger partial charge >= 0.3 is 6.18 Å². The van der Waals surface area contributed by atoms with Crippen molar-refractivity contribution in [3.05, 3.63) is 52.9 Å². The molecule has 134 valence electrons. The molecule has 0 amide bonds. The van der Waals surface area contributed by atoms with Gasteiger partial charge in [0.05, 0.1) is 5.69 Å². The van der Waals surface area contributed by atoms with Crippen molar-refractivity contribution in [3.8, 4) is 0 Å². The molecule has 3 rings (SSSR count). The molecule has 0 bridgehead atoms. The lowest BCUT2D eigenvalue weighted by atomic mass is 9.95. The van der Waals surface area contributed by atoms with Gasteiger partial charge in [-0.1, -0.05) is 26.8 Å². The monoisotopic (exact) mass is 350 g/mol. The highest BCUT2D eigenvalue weighted by Gasteiger charge is 2.32. The molecule has 4 nitrogen and oxygen atoms in total. The Kier molecular flexibility index (Phi) is 4.53. The average molecular weight is 350 g/mol. The first-order chi connectivity index (χ1) is 11.6. The van der Waals surface area contributed by atoms with E-state index in [1.54, 1.807) is 0 Å². The Labute approximate surface area is 145 Å². The van der Waals surface area contributed by atoms with Crippen LogP contribution in [0.2, 0.25) is 0 Å². The lowest BCUT2D eigenvalue weighted by Crippen LogP contribution is -2.32. The van der Waals surface area contributed by atoms with Gasteiger partial charge in [0.25, 0.3) is 0 Å². The van der Waals surface area contributed by atoms with Crippen LogP contribution in [0.25, 0.3) is 0 Å². The summed E-state index contributed by atoms with van der Waals surface area (Å²) in [6.07, 6.45) is -0.352. The molecule has 0 atom stereocenters. The van der Waals surface area contributed by atoms with E-state index in [0.717, 1.165) is 41.7 Å². The Morgan fingerprint density at radius 3 is 2.44 bits per heavy atom. The fraction of sp³-hybridized carbons (Fsp3) is 0.500. The zero-order valence-corrected chi connectivity index (χ0v) is 14.6. The molecule has 3 heterocycles. The van der Waals surface area contributed by atoms with Crippen LogP contribution in [0.5, 0.6) is 0 Å². The van der Waals surface area contributed by atoms with Gasteiger partial charge in [-0.05, 0) is 23.6 Å². The number of hydrogen-bond acceptors (Lipinski definition) is 4. The lowest BCUT2D eigenvalue weighted by molar-refractivity contribution is -0.141. The Balaban J connectivity index is 1.72. The molecule has 0 saturated heterocycles. The maximum atomic E-state index is 12.6. The minimum absolute atomic E-state index is 0.116. The Hall–Kier alpha value is -2.02. The number of aromatic nitrogens is 3. The van der Waals surface area contributed by atoms with Crippen molar-refractivity contribution in [1.29, 1.82) is 0 Å². The first-order valence-electron chi connectivity index (χ1n) is 8.23. The zero-order valence-electron chi connectivity index (χ0n) is 14.6. The minimum atomic E-state index is -4.40. The van der Waals surface area contributed by atoms with Gasteiger partial charge in [0.2, 0.25) is 0 Å². The number of hydrogen-bond donors (Lipinski definition) is 0. The van der Waals surface area contributed by atoms with Gasteiger partial charge in [0.15, 0.2) is 0 Å². The molecular weight excluding hydrogens is 329 g/mol. The number of fused-ring (bicyclic) bond motifs is 1. The van der Waals surface area contributed by atoms with E-state index in [2.05, 4.69) is 35.6 Å². The van der Waals surface area contributed by atoms with E-state index in [0.29, 0.717) is 13.1 Å². The van der Waals surface area contributed by atoms with Crippen molar-refractivity contribution >= 4 is 0 Å². The van der Waals surface area contributed by atoms with Gasteiger partial charge in [-0.2, -0.15) is 13.2 Å². The van der Waals surface area contributed by atoms with Crippen LogP contribution in [-0.2, 0) is 31.1 Å². The molecule has 0 fully saturated rings. The van der Waals surface area contributed by atoms with Crippen molar-refractivity contribution in [2.75, 3.05) is 6.54 Å². The first kappa shape index (κ1) is 17.8. The van der Waals surface area contributed by atoms with Crippen molar-refractivity contribution < 1.29 is 13.2 Å². The summed E-state index contributed by atoms with van der Waals surface area (Å²) in [5.41, 5.74) is 1.94. The third-order valence-electron chi connectivity index (χ3n) is 4.22. The van der Waals surface area contributed by atoms with E-state index in [9.17, 15) is 13.2 Å². The molecule has 2 aromatic rings. The molecule has 0 aliphatic carbocycles. The maximum absolute atomic E-state index is 12.6. The summed E-state index contributed by atoms with van der Waals surface area (Å²) in [4.78, 5) is 14.9. The Morgan fingerprint density at radius 1 is 1.08 bits per heavy atom. The maximum Gasteiger partial charge on any atom is 0.433 e. The van der Waals surface area contributed by atoms with E-state index < -0.39 is 11.9 Å². The molecule has 1 aliphatic heterocycles. The summed E-state index contributed by atoms with van der Waals surface area (Å²) < 4.78 is 37.8. The highest BCUT2D eigenvalue weighted by atomic mass is 19.4. The third-order valence-corrected chi connectivity index (χ3v) is 4.22. The fourth-order valence-corrected chi connectivity index (χ4v) is 2.80. The van der Waals surface area contributed by atoms with Crippen LogP contribution < -0.4 is 0 Å². The summed E-state index contributed by atoms with van der Waals surface area (Å²) in [6, 6.07) is 2.53. The van der Waals surface area contributed by atoms with Crippen LogP contribution in [0.1, 0.15) is 49.1 Å². The second-order valence-electron chi connectivity index (χ2n) is 7.43. The summed E-state index contributed by atoms with van der Waals surface area (Å²) in [7, 11) is 0. The van der Waals surface area contributed by atoms with Crippen molar-refractivity contribution in [1.82, 2.24) is 19.9 Å². The normalized spacial score (nSPS) is 15.9. The first-order valence-corrected chi connectivity index (χ1v) is 8.23. The molecule has 0 saturated carbocycles. The van der Waals surface area contributed by atoms with Gasteiger partial charge in [-0.25, -0.2) is 9.97 Å². The molecule has 2 aromatic heterocycles. The van der Waals surface area contributed by atoms with Gasteiger partial charge in [0, 0.05) is 37.4 Å². The highest BCUT2D eigenvalue weighted by molar-refractivity contribution is 5.23. The largest absolute Gasteiger partial charge is 0.433 e. The summed E-state index contributed by atoms with van der Waals surface area (Å²) in [6.45, 7) is 8.27. The highest BCUT2D eigenvalue weighted by Crippen LogP contribution is 2.28. The molecule has 0 unspecified atom stereocenters. The van der Waals surface area contributed by atoms with Gasteiger partial charge in [-0.15, -0.1) is 0 Å². The minimum Gasteiger partial charge on any atom is -0.293 e. The van der Waals surface area contributed by atoms with E-state index in [-0.39, 0.29) is 5.41 Å². The second kappa shape index (κ2) is 6.37. The zero-order chi connectivity index (χ0) is 18.2. The molecule has 0 radical (unpaired) electrons. The SMILES string of the molecule is CC(C)(C)c1ncc2c(n1)CN(Cc1ccc(C(F)(F)F)nc1)CC2. The molecule has 1 aliphatic rings. The number of alkyl halides is 3. The number of rotatable bonds is 2. The fourth-order valence-electron chi connectivity index (χ4n) is 2.80. The van der Waals surface area contributed by atoms with Crippen LogP contribution >= 0.6 is 0 Å². The summed E-state index contributed by atoms with van der Waals surface area (Å²) in [5, 5.41) is 0. The Bertz CT molecular complexity index is 748. The van der Waals surface area contributed by atoms with Crippen molar-refractivity contribution in [2.24, 2.45) is 0 Å². The molecule has 25 heavy (non-hydrogen) atoms. The Morgan fingerprint density at radius 2 is 1.84 bits per heavy atom. The quantitative estimate of drug-likeness (QED) is 0.827. The van der Waals surface area contributed by atoms with E-state index in [1.165, 1.54) is 12.3 Å². The van der Waals surface area contributed by atoms with Crippen molar-refractivity contribution in [2.45, 2.75) is 51.9 Å². The van der Waals surface area contributed by atoms with Gasteiger partial charge in [-0.3, -0.25) is 9.88 Å². The number of pyridine rings is 1. The van der Waals surface area contributed by atoms with Crippen LogP contribution in [0.3, 0.4) is 0 Å². The molecule has 0 spiro atoms. The van der Waals surface area contributed by atoms with E-state index >= 15 is 0 Å². The average Bonchev–Trinajstić information content (AvgIpc) is 2.53. The van der Waals surface area contributed by atoms with Gasteiger partial charge in [0.1, 0.15) is 11.5 Å². The molecule has 0 aromatic carbocycles. The summed E-state index contributed by atoms with van der Waals surface area (Å²) >= 11 is 0. The predicted octanol–water partition coefficient (Wildman–Crippen LogP) is 3.75. The topological polar surface area (TPSA) is 41.9 Å². The number of halogens is 3. The molecule has 0 N–H and O–H groups in total. The van der Waals surface area contributed by atoms with Crippen LogP contribution in [-0.4, -0.2) is 26.4 Å². The van der Waals surface area contributed by atoms with Crippen LogP contribution in [0, 0.1) is 0 Å². The smallest absolute Gasteiger partial charge is 0.293 e. The van der Waals surface area contributed by atoms with E-state index in [1.807, 2.05) is 6.20 Å². The second-order valence-corrected chi connectivity index (χ2v) is 7.43. The van der Waals surface area contributed by atoms with Crippen molar-refractivity contribution in [3.63, 3.8) is 0 Å². The molecule has 7 heteroatoms. The molecular formula is C18H21F3N4. The van der Waals surface area contributed by atoms with E-state index in [4.69, 9.17) is 4.98 Å². The van der Waals surface area contributed by atoms with Crippen LogP contribution in [0.15, 0.2) is 24.5 Å². The van der Waals surface area contributed by atoms with Gasteiger partial charge < -0.3 is 0 Å². The summed E-state index contributed by atoms with van der Waals surface area (Å²) in [5.74, 6) is 0.810.